The molecule has 0 aromatic heterocycles. The Morgan fingerprint density at radius 3 is 1.93 bits per heavy atom. The van der Waals surface area contributed by atoms with Gasteiger partial charge in [-0.1, -0.05) is 6.07 Å². The molecule has 0 amide bonds. The maximum atomic E-state index is 5.52. The number of nitrogens with one attached hydrogen (secondary N) is 2. The Kier molecular flexibility index (Phi) is 8.27. The molecular weight excluding hydrogens is 374 g/mol. The fraction of sp³-hybridized carbons (Fsp3) is 0.381. The molecule has 2 rings (SSSR count). The minimum Gasteiger partial charge on any atom is -0.493 e. The first kappa shape index (κ1) is 22.0. The highest BCUT2D eigenvalue weighted by Gasteiger charge is 2.16. The Bertz CT molecular complexity index is 839. The van der Waals surface area contributed by atoms with E-state index in [-0.39, 0.29) is 0 Å². The normalized spacial score (nSPS) is 10.9. The van der Waals surface area contributed by atoms with Crippen molar-refractivity contribution in [2.24, 2.45) is 4.99 Å². The number of hydrogen-bond donors (Lipinski definition) is 2. The van der Waals surface area contributed by atoms with Crippen LogP contribution in [0.1, 0.15) is 11.1 Å². The SMILES string of the molecule is CN=C(NCc1ccc(OC)c(OC)c1)NCc1ccc(OC)c(OC)c1OC. The van der Waals surface area contributed by atoms with Crippen molar-refractivity contribution in [1.82, 2.24) is 10.6 Å². The number of ether oxygens (including phenoxy) is 5. The van der Waals surface area contributed by atoms with Gasteiger partial charge in [-0.2, -0.15) is 0 Å². The average Bonchev–Trinajstić information content (AvgIpc) is 2.77. The summed E-state index contributed by atoms with van der Waals surface area (Å²) < 4.78 is 26.9. The van der Waals surface area contributed by atoms with E-state index < -0.39 is 0 Å². The van der Waals surface area contributed by atoms with Gasteiger partial charge in [-0.25, -0.2) is 0 Å². The van der Waals surface area contributed by atoms with Gasteiger partial charge < -0.3 is 34.3 Å². The maximum Gasteiger partial charge on any atom is 0.203 e. The molecule has 0 fully saturated rings. The van der Waals surface area contributed by atoms with Crippen LogP contribution in [0.15, 0.2) is 35.3 Å². The van der Waals surface area contributed by atoms with Crippen molar-refractivity contribution in [3.8, 4) is 28.7 Å². The van der Waals surface area contributed by atoms with E-state index in [4.69, 9.17) is 23.7 Å². The van der Waals surface area contributed by atoms with Crippen LogP contribution in [0.25, 0.3) is 0 Å². The molecule has 0 radical (unpaired) electrons. The van der Waals surface area contributed by atoms with Crippen molar-refractivity contribution in [3.05, 3.63) is 41.5 Å². The van der Waals surface area contributed by atoms with Crippen LogP contribution in [-0.4, -0.2) is 48.6 Å². The van der Waals surface area contributed by atoms with Crippen LogP contribution in [-0.2, 0) is 13.1 Å². The summed E-state index contributed by atoms with van der Waals surface area (Å²) in [4.78, 5) is 4.27. The van der Waals surface area contributed by atoms with E-state index in [0.29, 0.717) is 47.8 Å². The molecule has 0 spiro atoms. The van der Waals surface area contributed by atoms with Crippen LogP contribution in [0.2, 0.25) is 0 Å². The molecule has 8 heteroatoms. The summed E-state index contributed by atoms with van der Waals surface area (Å²) in [6.07, 6.45) is 0. The lowest BCUT2D eigenvalue weighted by Gasteiger charge is -2.17. The third-order valence-electron chi connectivity index (χ3n) is 4.36. The fourth-order valence-corrected chi connectivity index (χ4v) is 2.88. The van der Waals surface area contributed by atoms with Gasteiger partial charge in [0, 0.05) is 25.7 Å². The molecule has 8 nitrogen and oxygen atoms in total. The summed E-state index contributed by atoms with van der Waals surface area (Å²) >= 11 is 0. The predicted octanol–water partition coefficient (Wildman–Crippen LogP) is 2.59. The summed E-state index contributed by atoms with van der Waals surface area (Å²) in [6, 6.07) is 9.54. The summed E-state index contributed by atoms with van der Waals surface area (Å²) in [5, 5.41) is 6.56. The molecule has 0 heterocycles. The van der Waals surface area contributed by atoms with Gasteiger partial charge in [-0.3, -0.25) is 4.99 Å². The molecule has 0 aliphatic heterocycles. The van der Waals surface area contributed by atoms with Crippen molar-refractivity contribution in [3.63, 3.8) is 0 Å². The van der Waals surface area contributed by atoms with Gasteiger partial charge in [0.25, 0.3) is 0 Å². The third-order valence-corrected chi connectivity index (χ3v) is 4.36. The zero-order chi connectivity index (χ0) is 21.2. The molecule has 0 bridgehead atoms. The van der Waals surface area contributed by atoms with E-state index in [2.05, 4.69) is 15.6 Å². The zero-order valence-corrected chi connectivity index (χ0v) is 17.8. The number of hydrogen-bond acceptors (Lipinski definition) is 6. The van der Waals surface area contributed by atoms with Crippen LogP contribution in [0.4, 0.5) is 0 Å². The molecule has 29 heavy (non-hydrogen) atoms. The third kappa shape index (κ3) is 5.37. The molecule has 0 unspecified atom stereocenters. The van der Waals surface area contributed by atoms with Gasteiger partial charge in [0.2, 0.25) is 5.75 Å². The lowest BCUT2D eigenvalue weighted by Crippen LogP contribution is -2.36. The number of guanidine groups is 1. The smallest absolute Gasteiger partial charge is 0.203 e. The number of aliphatic imine (C=N–C) groups is 1. The molecule has 158 valence electrons. The number of rotatable bonds is 9. The fourth-order valence-electron chi connectivity index (χ4n) is 2.88. The van der Waals surface area contributed by atoms with E-state index in [9.17, 15) is 0 Å². The van der Waals surface area contributed by atoms with Gasteiger partial charge in [-0.15, -0.1) is 0 Å². The van der Waals surface area contributed by atoms with Gasteiger partial charge in [0.15, 0.2) is 29.0 Å². The molecule has 0 atom stereocenters. The summed E-state index contributed by atoms with van der Waals surface area (Å²) in [6.45, 7) is 1.07. The lowest BCUT2D eigenvalue weighted by atomic mass is 10.1. The second-order valence-electron chi connectivity index (χ2n) is 5.96. The maximum absolute atomic E-state index is 5.52. The van der Waals surface area contributed by atoms with Crippen LogP contribution in [0, 0.1) is 0 Å². The molecule has 0 aliphatic rings. The van der Waals surface area contributed by atoms with E-state index in [1.54, 1.807) is 42.6 Å². The van der Waals surface area contributed by atoms with E-state index >= 15 is 0 Å². The quantitative estimate of drug-likeness (QED) is 0.492. The number of methoxy groups -OCH3 is 5. The lowest BCUT2D eigenvalue weighted by molar-refractivity contribution is 0.322. The molecule has 0 saturated carbocycles. The van der Waals surface area contributed by atoms with Crippen molar-refractivity contribution < 1.29 is 23.7 Å². The number of nitrogens with zero attached hydrogens (tertiary/aromatic N) is 1. The second-order valence-corrected chi connectivity index (χ2v) is 5.96. The Balaban J connectivity index is 2.05. The van der Waals surface area contributed by atoms with Crippen molar-refractivity contribution in [2.75, 3.05) is 42.6 Å². The Morgan fingerprint density at radius 2 is 1.34 bits per heavy atom. The first-order valence-electron chi connectivity index (χ1n) is 9.05. The van der Waals surface area contributed by atoms with Gasteiger partial charge in [0.05, 0.1) is 35.5 Å². The topological polar surface area (TPSA) is 82.6 Å². The summed E-state index contributed by atoms with van der Waals surface area (Å²) in [7, 11) is 9.73. The Morgan fingerprint density at radius 1 is 0.724 bits per heavy atom. The molecule has 2 aromatic carbocycles. The average molecular weight is 403 g/mol. The summed E-state index contributed by atoms with van der Waals surface area (Å²) in [5.41, 5.74) is 1.95. The highest BCUT2D eigenvalue weighted by Crippen LogP contribution is 2.39. The number of benzene rings is 2. The van der Waals surface area contributed by atoms with E-state index in [1.807, 2.05) is 30.3 Å². The van der Waals surface area contributed by atoms with E-state index in [1.165, 1.54) is 0 Å². The van der Waals surface area contributed by atoms with Crippen LogP contribution >= 0.6 is 0 Å². The van der Waals surface area contributed by atoms with Crippen molar-refractivity contribution in [2.45, 2.75) is 13.1 Å². The first-order chi connectivity index (χ1) is 14.1. The monoisotopic (exact) mass is 403 g/mol. The molecule has 2 aromatic rings. The predicted molar refractivity (Wildman–Crippen MR) is 113 cm³/mol. The van der Waals surface area contributed by atoms with Gasteiger partial charge >= 0.3 is 0 Å². The van der Waals surface area contributed by atoms with Crippen LogP contribution in [0.5, 0.6) is 28.7 Å². The largest absolute Gasteiger partial charge is 0.493 e. The molecule has 0 saturated heterocycles. The Hall–Kier alpha value is -3.29. The zero-order valence-electron chi connectivity index (χ0n) is 17.8. The highest BCUT2D eigenvalue weighted by atomic mass is 16.5. The van der Waals surface area contributed by atoms with E-state index in [0.717, 1.165) is 11.1 Å². The highest BCUT2D eigenvalue weighted by molar-refractivity contribution is 5.79. The molecule has 0 aliphatic carbocycles. The van der Waals surface area contributed by atoms with Crippen LogP contribution in [0.3, 0.4) is 0 Å². The first-order valence-corrected chi connectivity index (χ1v) is 9.05. The summed E-state index contributed by atoms with van der Waals surface area (Å²) in [5.74, 6) is 3.82. The molecule has 2 N–H and O–H groups in total. The standard InChI is InChI=1S/C21H29N3O5/c1-22-21(23-12-14-7-9-16(25-2)18(11-14)27-4)24-13-15-8-10-17(26-3)20(29-6)19(15)28-5/h7-11H,12-13H2,1-6H3,(H2,22,23,24). The minimum absolute atomic E-state index is 0.495. The van der Waals surface area contributed by atoms with Crippen LogP contribution < -0.4 is 34.3 Å². The van der Waals surface area contributed by atoms with Gasteiger partial charge in [0.1, 0.15) is 0 Å². The van der Waals surface area contributed by atoms with Crippen molar-refractivity contribution in [1.29, 1.82) is 0 Å². The van der Waals surface area contributed by atoms with Crippen molar-refractivity contribution >= 4 is 5.96 Å². The van der Waals surface area contributed by atoms with Gasteiger partial charge in [-0.05, 0) is 29.8 Å². The minimum atomic E-state index is 0.495. The Labute approximate surface area is 171 Å². The second kappa shape index (κ2) is 10.9. The molecular formula is C21H29N3O5.